The lowest BCUT2D eigenvalue weighted by Gasteiger charge is -2.19. The number of hydrogen-bond acceptors (Lipinski definition) is 1. The highest BCUT2D eigenvalue weighted by molar-refractivity contribution is 4.67. The van der Waals surface area contributed by atoms with Gasteiger partial charge in [-0.3, -0.25) is 0 Å². The maximum Gasteiger partial charge on any atom is 0.000397 e. The average molecular weight is 183 g/mol. The summed E-state index contributed by atoms with van der Waals surface area (Å²) in [5.41, 5.74) is 0. The van der Waals surface area contributed by atoms with Crippen molar-refractivity contribution >= 4 is 0 Å². The van der Waals surface area contributed by atoms with Crippen LogP contribution in [0, 0.1) is 11.8 Å². The molecular weight excluding hydrogens is 158 g/mol. The van der Waals surface area contributed by atoms with Gasteiger partial charge < -0.3 is 4.90 Å². The van der Waals surface area contributed by atoms with E-state index < -0.39 is 0 Å². The zero-order chi connectivity index (χ0) is 9.68. The SMILES string of the molecule is CCC1CCCN(C)C[C@@H](C)CC1. The van der Waals surface area contributed by atoms with Crippen molar-refractivity contribution in [2.45, 2.75) is 46.0 Å². The number of hydrogen-bond donors (Lipinski definition) is 0. The lowest BCUT2D eigenvalue weighted by molar-refractivity contribution is 0.283. The van der Waals surface area contributed by atoms with E-state index in [-0.39, 0.29) is 0 Å². The zero-order valence-corrected chi connectivity index (χ0v) is 9.55. The Hall–Kier alpha value is -0.0400. The van der Waals surface area contributed by atoms with Crippen molar-refractivity contribution in [3.63, 3.8) is 0 Å². The maximum absolute atomic E-state index is 2.50. The van der Waals surface area contributed by atoms with Gasteiger partial charge in [0.15, 0.2) is 0 Å². The van der Waals surface area contributed by atoms with Crippen LogP contribution >= 0.6 is 0 Å². The molecule has 1 aliphatic heterocycles. The Kier molecular flexibility index (Phi) is 4.79. The van der Waals surface area contributed by atoms with Crippen LogP contribution in [0.15, 0.2) is 0 Å². The van der Waals surface area contributed by atoms with Gasteiger partial charge >= 0.3 is 0 Å². The van der Waals surface area contributed by atoms with Gasteiger partial charge in [0.2, 0.25) is 0 Å². The molecule has 0 amide bonds. The van der Waals surface area contributed by atoms with E-state index in [4.69, 9.17) is 0 Å². The Morgan fingerprint density at radius 2 is 2.00 bits per heavy atom. The molecule has 0 spiro atoms. The fourth-order valence-electron chi connectivity index (χ4n) is 2.44. The molecule has 1 unspecified atom stereocenters. The molecule has 1 aliphatic rings. The van der Waals surface area contributed by atoms with Crippen LogP contribution in [0.4, 0.5) is 0 Å². The van der Waals surface area contributed by atoms with Gasteiger partial charge in [0.05, 0.1) is 0 Å². The summed E-state index contributed by atoms with van der Waals surface area (Å²) in [7, 11) is 2.27. The Labute approximate surface area is 83.5 Å². The summed E-state index contributed by atoms with van der Waals surface area (Å²) in [6.07, 6.45) is 7.14. The molecule has 0 N–H and O–H groups in total. The Morgan fingerprint density at radius 3 is 2.69 bits per heavy atom. The van der Waals surface area contributed by atoms with Crippen molar-refractivity contribution in [1.82, 2.24) is 4.90 Å². The molecule has 0 saturated carbocycles. The van der Waals surface area contributed by atoms with E-state index in [1.165, 1.54) is 45.2 Å². The van der Waals surface area contributed by atoms with E-state index in [9.17, 15) is 0 Å². The molecule has 1 fully saturated rings. The van der Waals surface area contributed by atoms with Crippen LogP contribution in [-0.4, -0.2) is 25.0 Å². The van der Waals surface area contributed by atoms with E-state index in [0.717, 1.165) is 11.8 Å². The van der Waals surface area contributed by atoms with Gasteiger partial charge in [-0.1, -0.05) is 26.7 Å². The first-order valence-corrected chi connectivity index (χ1v) is 5.91. The van der Waals surface area contributed by atoms with E-state index in [1.807, 2.05) is 0 Å². The third-order valence-corrected chi connectivity index (χ3v) is 3.42. The van der Waals surface area contributed by atoms with Crippen molar-refractivity contribution in [2.24, 2.45) is 11.8 Å². The van der Waals surface area contributed by atoms with Crippen LogP contribution in [0.3, 0.4) is 0 Å². The minimum absolute atomic E-state index is 0.900. The Bertz CT molecular complexity index is 133. The zero-order valence-electron chi connectivity index (χ0n) is 9.55. The number of rotatable bonds is 1. The molecule has 0 aliphatic carbocycles. The van der Waals surface area contributed by atoms with E-state index in [2.05, 4.69) is 25.8 Å². The first kappa shape index (κ1) is 11.0. The summed E-state index contributed by atoms with van der Waals surface area (Å²) in [6.45, 7) is 7.35. The summed E-state index contributed by atoms with van der Waals surface area (Å²) in [5, 5.41) is 0. The normalized spacial score (nSPS) is 33.5. The maximum atomic E-state index is 2.50. The van der Waals surface area contributed by atoms with Crippen molar-refractivity contribution in [3.8, 4) is 0 Å². The van der Waals surface area contributed by atoms with Gasteiger partial charge in [0, 0.05) is 6.54 Å². The third kappa shape index (κ3) is 4.12. The quantitative estimate of drug-likeness (QED) is 0.603. The molecule has 1 saturated heterocycles. The fraction of sp³-hybridized carbons (Fsp3) is 1.00. The summed E-state index contributed by atoms with van der Waals surface area (Å²) < 4.78 is 0. The molecule has 78 valence electrons. The molecule has 2 atom stereocenters. The molecule has 0 aromatic carbocycles. The molecule has 0 aromatic heterocycles. The average Bonchev–Trinajstić information content (AvgIpc) is 2.16. The summed E-state index contributed by atoms with van der Waals surface area (Å²) in [5.74, 6) is 1.91. The molecular formula is C12H25N. The third-order valence-electron chi connectivity index (χ3n) is 3.42. The second-order valence-corrected chi connectivity index (χ2v) is 4.86. The minimum Gasteiger partial charge on any atom is -0.306 e. The molecule has 1 heterocycles. The van der Waals surface area contributed by atoms with Crippen LogP contribution in [0.2, 0.25) is 0 Å². The highest BCUT2D eigenvalue weighted by Crippen LogP contribution is 2.22. The molecule has 0 aromatic rings. The van der Waals surface area contributed by atoms with E-state index in [0.29, 0.717) is 0 Å². The molecule has 1 rings (SSSR count). The highest BCUT2D eigenvalue weighted by atomic mass is 15.1. The largest absolute Gasteiger partial charge is 0.306 e. The molecule has 1 nitrogen and oxygen atoms in total. The lowest BCUT2D eigenvalue weighted by Crippen LogP contribution is -2.24. The first-order valence-electron chi connectivity index (χ1n) is 5.91. The van der Waals surface area contributed by atoms with Crippen LogP contribution in [0.1, 0.15) is 46.0 Å². The second-order valence-electron chi connectivity index (χ2n) is 4.86. The lowest BCUT2D eigenvalue weighted by atomic mass is 9.92. The van der Waals surface area contributed by atoms with Crippen molar-refractivity contribution in [3.05, 3.63) is 0 Å². The van der Waals surface area contributed by atoms with Crippen LogP contribution < -0.4 is 0 Å². The Balaban J connectivity index is 2.38. The van der Waals surface area contributed by atoms with Gasteiger partial charge in [-0.05, 0) is 44.7 Å². The van der Waals surface area contributed by atoms with Gasteiger partial charge in [-0.2, -0.15) is 0 Å². The number of nitrogens with zero attached hydrogens (tertiary/aromatic N) is 1. The highest BCUT2D eigenvalue weighted by Gasteiger charge is 2.14. The van der Waals surface area contributed by atoms with E-state index >= 15 is 0 Å². The van der Waals surface area contributed by atoms with Gasteiger partial charge in [0.1, 0.15) is 0 Å². The van der Waals surface area contributed by atoms with Crippen molar-refractivity contribution in [2.75, 3.05) is 20.1 Å². The van der Waals surface area contributed by atoms with Gasteiger partial charge in [-0.25, -0.2) is 0 Å². The Morgan fingerprint density at radius 1 is 1.23 bits per heavy atom. The summed E-state index contributed by atoms with van der Waals surface area (Å²) in [4.78, 5) is 2.50. The van der Waals surface area contributed by atoms with Crippen LogP contribution in [0.5, 0.6) is 0 Å². The van der Waals surface area contributed by atoms with Crippen molar-refractivity contribution in [1.29, 1.82) is 0 Å². The van der Waals surface area contributed by atoms with Gasteiger partial charge in [0.25, 0.3) is 0 Å². The fourth-order valence-corrected chi connectivity index (χ4v) is 2.44. The predicted octanol–water partition coefficient (Wildman–Crippen LogP) is 3.15. The van der Waals surface area contributed by atoms with E-state index in [1.54, 1.807) is 0 Å². The topological polar surface area (TPSA) is 3.24 Å². The monoisotopic (exact) mass is 183 g/mol. The molecule has 1 heteroatoms. The standard InChI is InChI=1S/C12H25N/c1-4-12-6-5-9-13(3)10-11(2)7-8-12/h11-12H,4-10H2,1-3H3/t11-,12?/m0/s1. The summed E-state index contributed by atoms with van der Waals surface area (Å²) >= 11 is 0. The predicted molar refractivity (Wildman–Crippen MR) is 58.9 cm³/mol. The minimum atomic E-state index is 0.900. The first-order chi connectivity index (χ1) is 6.22. The smallest absolute Gasteiger partial charge is 0.000397 e. The van der Waals surface area contributed by atoms with Crippen LogP contribution in [-0.2, 0) is 0 Å². The molecule has 0 bridgehead atoms. The molecule has 0 radical (unpaired) electrons. The van der Waals surface area contributed by atoms with Crippen LogP contribution in [0.25, 0.3) is 0 Å². The second kappa shape index (κ2) is 5.64. The van der Waals surface area contributed by atoms with Gasteiger partial charge in [-0.15, -0.1) is 0 Å². The summed E-state index contributed by atoms with van der Waals surface area (Å²) in [6, 6.07) is 0. The van der Waals surface area contributed by atoms with Crippen molar-refractivity contribution < 1.29 is 0 Å². The molecule has 13 heavy (non-hydrogen) atoms.